The summed E-state index contributed by atoms with van der Waals surface area (Å²) < 4.78 is 6.89. The van der Waals surface area contributed by atoms with Gasteiger partial charge in [-0.2, -0.15) is 0 Å². The third-order valence-corrected chi connectivity index (χ3v) is 2.87. The first-order valence-corrected chi connectivity index (χ1v) is 6.93. The Morgan fingerprint density at radius 2 is 1.80 bits per heavy atom. The van der Waals surface area contributed by atoms with Gasteiger partial charge >= 0.3 is 5.97 Å². The number of esters is 1. The van der Waals surface area contributed by atoms with Crippen LogP contribution in [-0.2, 0) is 9.53 Å². The van der Waals surface area contributed by atoms with Gasteiger partial charge in [0.05, 0.1) is 0 Å². The van der Waals surface area contributed by atoms with Crippen molar-refractivity contribution in [1.82, 2.24) is 0 Å². The number of allylic oxidation sites excluding steroid dienone is 1. The van der Waals surface area contributed by atoms with Gasteiger partial charge in [-0.05, 0) is 29.0 Å². The summed E-state index contributed by atoms with van der Waals surface area (Å²) in [5.74, 6) is 0.586. The first kappa shape index (κ1) is 14.9. The lowest BCUT2D eigenvalue weighted by Gasteiger charge is -2.05. The third kappa shape index (κ3) is 10.2. The van der Waals surface area contributed by atoms with Gasteiger partial charge in [0, 0.05) is 17.4 Å². The fraction of sp³-hybridized carbons (Fsp3) is 0.750. The molecule has 0 N–H and O–H groups in total. The summed E-state index contributed by atoms with van der Waals surface area (Å²) in [5.41, 5.74) is 0. The number of carbonyl (C=O) groups excluding carboxylic acids is 1. The molecule has 0 unspecified atom stereocenters. The van der Waals surface area contributed by atoms with E-state index in [1.54, 1.807) is 0 Å². The molecule has 0 aliphatic heterocycles. The fourth-order valence-corrected chi connectivity index (χ4v) is 1.83. The summed E-state index contributed by atoms with van der Waals surface area (Å²) in [7, 11) is 0. The molecule has 0 rings (SSSR count). The highest BCUT2D eigenvalue weighted by atomic mass is 127. The number of rotatable bonds is 8. The average molecular weight is 324 g/mol. The molecule has 0 aromatic rings. The van der Waals surface area contributed by atoms with Crippen molar-refractivity contribution in [2.75, 3.05) is 0 Å². The van der Waals surface area contributed by atoms with Gasteiger partial charge in [-0.15, -0.1) is 0 Å². The lowest BCUT2D eigenvalue weighted by Crippen LogP contribution is -1.98. The molecule has 0 spiro atoms. The molecular weight excluding hydrogens is 303 g/mol. The molecule has 0 heterocycles. The van der Waals surface area contributed by atoms with Crippen molar-refractivity contribution in [1.29, 1.82) is 0 Å². The Morgan fingerprint density at radius 1 is 1.20 bits per heavy atom. The molecule has 0 fully saturated rings. The van der Waals surface area contributed by atoms with Crippen molar-refractivity contribution >= 4 is 28.6 Å². The van der Waals surface area contributed by atoms with Crippen LogP contribution in [0.1, 0.15) is 58.8 Å². The molecule has 0 radical (unpaired) electrons. The van der Waals surface area contributed by atoms with Crippen LogP contribution in [-0.4, -0.2) is 5.97 Å². The van der Waals surface area contributed by atoms with Crippen LogP contribution < -0.4 is 0 Å². The van der Waals surface area contributed by atoms with Gasteiger partial charge in [0.25, 0.3) is 0 Å². The van der Waals surface area contributed by atoms with E-state index in [2.05, 4.69) is 29.5 Å². The molecule has 15 heavy (non-hydrogen) atoms. The van der Waals surface area contributed by atoms with Gasteiger partial charge in [-0.1, -0.05) is 39.0 Å². The zero-order valence-electron chi connectivity index (χ0n) is 9.72. The summed E-state index contributed by atoms with van der Waals surface area (Å²) in [5, 5.41) is 0. The second-order valence-corrected chi connectivity index (χ2v) is 4.31. The van der Waals surface area contributed by atoms with Crippen molar-refractivity contribution in [2.24, 2.45) is 0 Å². The van der Waals surface area contributed by atoms with E-state index < -0.39 is 0 Å². The molecule has 0 saturated carbocycles. The van der Waals surface area contributed by atoms with E-state index in [1.165, 1.54) is 39.0 Å². The number of carbonyl (C=O) groups is 1. The second-order valence-electron chi connectivity index (χ2n) is 3.69. The monoisotopic (exact) mass is 324 g/mol. The minimum absolute atomic E-state index is 0.219. The number of unbranched alkanes of at least 4 members (excludes halogenated alkanes) is 5. The molecule has 0 saturated heterocycles. The van der Waals surface area contributed by atoms with Crippen molar-refractivity contribution in [2.45, 2.75) is 58.8 Å². The summed E-state index contributed by atoms with van der Waals surface area (Å²) in [4.78, 5) is 10.7. The van der Waals surface area contributed by atoms with Gasteiger partial charge in [0.2, 0.25) is 0 Å². The molecule has 3 heteroatoms. The predicted molar refractivity (Wildman–Crippen MR) is 71.9 cm³/mol. The molecule has 88 valence electrons. The van der Waals surface area contributed by atoms with Gasteiger partial charge in [-0.3, -0.25) is 4.79 Å². The summed E-state index contributed by atoms with van der Waals surface area (Å²) >= 11 is 2.12. The minimum atomic E-state index is -0.219. The van der Waals surface area contributed by atoms with Crippen molar-refractivity contribution < 1.29 is 9.53 Å². The van der Waals surface area contributed by atoms with Gasteiger partial charge in [0.1, 0.15) is 5.76 Å². The lowest BCUT2D eigenvalue weighted by molar-refractivity contribution is -0.137. The number of hydrogen-bond acceptors (Lipinski definition) is 2. The standard InChI is InChI=1S/C12H21IO2/c1-3-4-5-6-7-8-9-12(10-13)15-11(2)14/h10H,3-9H2,1-2H3/b12-10-. The highest BCUT2D eigenvalue weighted by Gasteiger charge is 2.01. The largest absolute Gasteiger partial charge is 0.431 e. The van der Waals surface area contributed by atoms with E-state index >= 15 is 0 Å². The summed E-state index contributed by atoms with van der Waals surface area (Å²) in [6, 6.07) is 0. The molecule has 0 aliphatic carbocycles. The van der Waals surface area contributed by atoms with Gasteiger partial charge in [-0.25, -0.2) is 0 Å². The van der Waals surface area contributed by atoms with E-state index in [4.69, 9.17) is 4.74 Å². The van der Waals surface area contributed by atoms with E-state index in [0.29, 0.717) is 0 Å². The smallest absolute Gasteiger partial charge is 0.307 e. The lowest BCUT2D eigenvalue weighted by atomic mass is 10.1. The molecule has 2 nitrogen and oxygen atoms in total. The molecule has 0 aliphatic rings. The minimum Gasteiger partial charge on any atom is -0.431 e. The third-order valence-electron chi connectivity index (χ3n) is 2.17. The van der Waals surface area contributed by atoms with Crippen molar-refractivity contribution in [3.8, 4) is 0 Å². The Hall–Kier alpha value is -0.0600. The molecule has 0 aromatic heterocycles. The SMILES string of the molecule is CCCCCCCC/C(=C/I)OC(C)=O. The first-order valence-electron chi connectivity index (χ1n) is 5.68. The van der Waals surface area contributed by atoms with Gasteiger partial charge in [0.15, 0.2) is 0 Å². The second kappa shape index (κ2) is 10.5. The van der Waals surface area contributed by atoms with E-state index in [0.717, 1.165) is 18.6 Å². The van der Waals surface area contributed by atoms with Crippen LogP contribution in [0.3, 0.4) is 0 Å². The van der Waals surface area contributed by atoms with Crippen LogP contribution in [0.5, 0.6) is 0 Å². The molecule has 0 amide bonds. The van der Waals surface area contributed by atoms with Crippen LogP contribution in [0.4, 0.5) is 0 Å². The van der Waals surface area contributed by atoms with Crippen molar-refractivity contribution in [3.63, 3.8) is 0 Å². The Kier molecular flexibility index (Phi) is 10.4. The fourth-order valence-electron chi connectivity index (χ4n) is 1.39. The van der Waals surface area contributed by atoms with Crippen LogP contribution >= 0.6 is 22.6 Å². The van der Waals surface area contributed by atoms with Crippen LogP contribution in [0.2, 0.25) is 0 Å². The van der Waals surface area contributed by atoms with E-state index in [1.807, 2.05) is 4.08 Å². The molecule has 0 bridgehead atoms. The summed E-state index contributed by atoms with van der Waals surface area (Å²) in [6.07, 6.45) is 8.47. The quantitative estimate of drug-likeness (QED) is 0.283. The van der Waals surface area contributed by atoms with E-state index in [-0.39, 0.29) is 5.97 Å². The highest BCUT2D eigenvalue weighted by Crippen LogP contribution is 2.14. The number of hydrogen-bond donors (Lipinski definition) is 0. The van der Waals surface area contributed by atoms with Crippen LogP contribution in [0, 0.1) is 0 Å². The summed E-state index contributed by atoms with van der Waals surface area (Å²) in [6.45, 7) is 3.67. The first-order chi connectivity index (χ1) is 7.20. The Labute approximate surface area is 107 Å². The molecular formula is C12H21IO2. The maximum Gasteiger partial charge on any atom is 0.307 e. The zero-order valence-corrected chi connectivity index (χ0v) is 11.9. The molecule has 0 aromatic carbocycles. The molecule has 0 atom stereocenters. The van der Waals surface area contributed by atoms with Gasteiger partial charge < -0.3 is 4.74 Å². The maximum absolute atomic E-state index is 10.7. The van der Waals surface area contributed by atoms with E-state index in [9.17, 15) is 4.79 Å². The Morgan fingerprint density at radius 3 is 2.33 bits per heavy atom. The Bertz CT molecular complexity index is 200. The highest BCUT2D eigenvalue weighted by molar-refractivity contribution is 14.1. The number of halogens is 1. The predicted octanol–water partition coefficient (Wildman–Crippen LogP) is 4.58. The van der Waals surface area contributed by atoms with Crippen LogP contribution in [0.25, 0.3) is 0 Å². The maximum atomic E-state index is 10.7. The van der Waals surface area contributed by atoms with Crippen molar-refractivity contribution in [3.05, 3.63) is 9.84 Å². The average Bonchev–Trinajstić information content (AvgIpc) is 2.20. The Balaban J connectivity index is 3.43. The zero-order chi connectivity index (χ0) is 11.5. The topological polar surface area (TPSA) is 26.3 Å². The number of ether oxygens (including phenoxy) is 1. The van der Waals surface area contributed by atoms with Crippen LogP contribution in [0.15, 0.2) is 9.84 Å². The normalized spacial score (nSPS) is 11.5.